The molecule has 2 aromatic carbocycles. The molecule has 33 heavy (non-hydrogen) atoms. The van der Waals surface area contributed by atoms with Crippen LogP contribution in [0.2, 0.25) is 0 Å². The number of hydrogen-bond acceptors (Lipinski definition) is 5. The Labute approximate surface area is 199 Å². The maximum Gasteiger partial charge on any atom is 0.471 e. The standard InChI is InChI=1S/C23H25F3N2O3S2/c1-2-28(22(30)23(24,25)26)14-16-5-3-6-18(13-16)27-20(29)15-31-19-9-7-17(8-10-19)21-32-11-4-12-33-21/h3,5-10,13,21H,2,4,11-12,14-15H2,1H3,(H,27,29). The van der Waals surface area contributed by atoms with Gasteiger partial charge in [-0.3, -0.25) is 9.59 Å². The molecule has 2 amide bonds. The van der Waals surface area contributed by atoms with E-state index < -0.39 is 18.0 Å². The van der Waals surface area contributed by atoms with Gasteiger partial charge in [-0.2, -0.15) is 13.2 Å². The van der Waals surface area contributed by atoms with Gasteiger partial charge in [-0.15, -0.1) is 23.5 Å². The van der Waals surface area contributed by atoms with Crippen LogP contribution in [0.3, 0.4) is 0 Å². The predicted molar refractivity (Wildman–Crippen MR) is 126 cm³/mol. The molecule has 0 saturated carbocycles. The summed E-state index contributed by atoms with van der Waals surface area (Å²) >= 11 is 3.86. The number of hydrogen-bond donors (Lipinski definition) is 1. The van der Waals surface area contributed by atoms with Crippen LogP contribution in [0, 0.1) is 0 Å². The summed E-state index contributed by atoms with van der Waals surface area (Å²) in [4.78, 5) is 24.5. The Morgan fingerprint density at radius 2 is 1.82 bits per heavy atom. The van der Waals surface area contributed by atoms with E-state index in [1.54, 1.807) is 24.3 Å². The molecule has 1 fully saturated rings. The van der Waals surface area contributed by atoms with Crippen LogP contribution in [0.4, 0.5) is 18.9 Å². The van der Waals surface area contributed by atoms with Gasteiger partial charge < -0.3 is 15.0 Å². The number of carbonyl (C=O) groups is 2. The smallest absolute Gasteiger partial charge is 0.471 e. The van der Waals surface area contributed by atoms with Crippen molar-refractivity contribution in [2.45, 2.75) is 30.6 Å². The molecule has 0 atom stereocenters. The minimum atomic E-state index is -4.93. The molecule has 0 aromatic heterocycles. The van der Waals surface area contributed by atoms with Crippen LogP contribution < -0.4 is 10.1 Å². The lowest BCUT2D eigenvalue weighted by molar-refractivity contribution is -0.185. The average Bonchev–Trinajstić information content (AvgIpc) is 2.81. The molecule has 1 aliphatic rings. The van der Waals surface area contributed by atoms with E-state index in [-0.39, 0.29) is 19.7 Å². The summed E-state index contributed by atoms with van der Waals surface area (Å²) in [6, 6.07) is 14.1. The zero-order valence-corrected chi connectivity index (χ0v) is 19.7. The number of carbonyl (C=O) groups excluding carboxylic acids is 2. The first-order valence-corrected chi connectivity index (χ1v) is 12.6. The number of alkyl halides is 3. The van der Waals surface area contributed by atoms with E-state index in [0.29, 0.717) is 26.5 Å². The first-order chi connectivity index (χ1) is 15.8. The summed E-state index contributed by atoms with van der Waals surface area (Å²) in [6.07, 6.45) is -3.70. The van der Waals surface area contributed by atoms with Crippen molar-refractivity contribution in [3.63, 3.8) is 0 Å². The van der Waals surface area contributed by atoms with Gasteiger partial charge >= 0.3 is 12.1 Å². The molecule has 0 spiro atoms. The van der Waals surface area contributed by atoms with Gasteiger partial charge in [0, 0.05) is 18.8 Å². The molecular formula is C23H25F3N2O3S2. The second-order valence-corrected chi connectivity index (χ2v) is 10.1. The van der Waals surface area contributed by atoms with Crippen LogP contribution in [-0.2, 0) is 16.1 Å². The topological polar surface area (TPSA) is 58.6 Å². The van der Waals surface area contributed by atoms with Crippen LogP contribution >= 0.6 is 23.5 Å². The van der Waals surface area contributed by atoms with Crippen molar-refractivity contribution >= 4 is 41.0 Å². The van der Waals surface area contributed by atoms with E-state index in [4.69, 9.17) is 4.74 Å². The minimum absolute atomic E-state index is 0.0836. The third kappa shape index (κ3) is 7.60. The first kappa shape index (κ1) is 25.3. The number of thioether (sulfide) groups is 2. The van der Waals surface area contributed by atoms with Gasteiger partial charge in [-0.1, -0.05) is 24.3 Å². The van der Waals surface area contributed by atoms with Crippen molar-refractivity contribution in [2.24, 2.45) is 0 Å². The molecule has 178 valence electrons. The number of nitrogens with zero attached hydrogens (tertiary/aromatic N) is 1. The molecule has 0 unspecified atom stereocenters. The predicted octanol–water partition coefficient (Wildman–Crippen LogP) is 5.48. The highest BCUT2D eigenvalue weighted by Crippen LogP contribution is 2.43. The van der Waals surface area contributed by atoms with E-state index in [1.165, 1.54) is 18.9 Å². The van der Waals surface area contributed by atoms with Crippen LogP contribution in [-0.4, -0.2) is 47.5 Å². The van der Waals surface area contributed by atoms with E-state index in [0.717, 1.165) is 11.5 Å². The van der Waals surface area contributed by atoms with Crippen LogP contribution in [0.15, 0.2) is 48.5 Å². The molecule has 3 rings (SSSR count). The second-order valence-electron chi connectivity index (χ2n) is 7.35. The van der Waals surface area contributed by atoms with E-state index >= 15 is 0 Å². The number of anilines is 1. The fraction of sp³-hybridized carbons (Fsp3) is 0.391. The van der Waals surface area contributed by atoms with Crippen molar-refractivity contribution < 1.29 is 27.5 Å². The van der Waals surface area contributed by atoms with Gasteiger partial charge in [0.25, 0.3) is 5.91 Å². The Hall–Kier alpha value is -2.33. The Bertz CT molecular complexity index is 949. The van der Waals surface area contributed by atoms with Crippen molar-refractivity contribution in [1.82, 2.24) is 4.90 Å². The Balaban J connectivity index is 1.51. The summed E-state index contributed by atoms with van der Waals surface area (Å²) in [6.45, 7) is 0.981. The van der Waals surface area contributed by atoms with E-state index in [2.05, 4.69) is 5.32 Å². The lowest BCUT2D eigenvalue weighted by Crippen LogP contribution is -2.40. The zero-order chi connectivity index (χ0) is 23.8. The first-order valence-electron chi connectivity index (χ1n) is 10.5. The summed E-state index contributed by atoms with van der Waals surface area (Å²) in [5.74, 6) is 0.615. The fourth-order valence-electron chi connectivity index (χ4n) is 3.22. The van der Waals surface area contributed by atoms with Crippen LogP contribution in [0.25, 0.3) is 0 Å². The molecule has 5 nitrogen and oxygen atoms in total. The third-order valence-corrected chi connectivity index (χ3v) is 7.86. The third-order valence-electron chi connectivity index (χ3n) is 4.84. The quantitative estimate of drug-likeness (QED) is 0.522. The van der Waals surface area contributed by atoms with E-state index in [9.17, 15) is 22.8 Å². The summed E-state index contributed by atoms with van der Waals surface area (Å²) < 4.78 is 44.1. The lowest BCUT2D eigenvalue weighted by Gasteiger charge is -2.22. The summed E-state index contributed by atoms with van der Waals surface area (Å²) in [5.41, 5.74) is 2.11. The molecule has 0 bridgehead atoms. The average molecular weight is 499 g/mol. The van der Waals surface area contributed by atoms with Crippen molar-refractivity contribution in [1.29, 1.82) is 0 Å². The van der Waals surface area contributed by atoms with Gasteiger partial charge in [0.2, 0.25) is 0 Å². The van der Waals surface area contributed by atoms with Gasteiger partial charge in [-0.25, -0.2) is 0 Å². The second kappa shape index (κ2) is 11.7. The van der Waals surface area contributed by atoms with Crippen molar-refractivity contribution in [2.75, 3.05) is 30.0 Å². The van der Waals surface area contributed by atoms with Gasteiger partial charge in [0.05, 0.1) is 4.58 Å². The zero-order valence-electron chi connectivity index (χ0n) is 18.1. The van der Waals surface area contributed by atoms with E-state index in [1.807, 2.05) is 47.8 Å². The molecule has 0 aliphatic carbocycles. The van der Waals surface area contributed by atoms with Gasteiger partial charge in [0.15, 0.2) is 6.61 Å². The highest BCUT2D eigenvalue weighted by atomic mass is 32.2. The van der Waals surface area contributed by atoms with Crippen molar-refractivity contribution in [3.8, 4) is 5.75 Å². The molecule has 1 saturated heterocycles. The monoisotopic (exact) mass is 498 g/mol. The van der Waals surface area contributed by atoms with Crippen molar-refractivity contribution in [3.05, 3.63) is 59.7 Å². The Kier molecular flexibility index (Phi) is 8.96. The number of nitrogens with one attached hydrogen (secondary N) is 1. The molecule has 1 aliphatic heterocycles. The normalized spacial score (nSPS) is 14.5. The van der Waals surface area contributed by atoms with Crippen LogP contribution in [0.5, 0.6) is 5.75 Å². The molecule has 2 aromatic rings. The number of rotatable bonds is 8. The Morgan fingerprint density at radius 3 is 2.45 bits per heavy atom. The fourth-order valence-corrected chi connectivity index (χ4v) is 6.12. The van der Waals surface area contributed by atoms with Gasteiger partial charge in [0.1, 0.15) is 5.75 Å². The maximum atomic E-state index is 12.7. The maximum absolute atomic E-state index is 12.7. The summed E-state index contributed by atoms with van der Waals surface area (Å²) in [7, 11) is 0. The summed E-state index contributed by atoms with van der Waals surface area (Å²) in [5, 5.41) is 2.67. The number of halogens is 3. The highest BCUT2D eigenvalue weighted by Gasteiger charge is 2.41. The Morgan fingerprint density at radius 1 is 1.12 bits per heavy atom. The minimum Gasteiger partial charge on any atom is -0.484 e. The number of benzene rings is 2. The highest BCUT2D eigenvalue weighted by molar-refractivity contribution is 8.16. The SMILES string of the molecule is CCN(Cc1cccc(NC(=O)COc2ccc(C3SCCCS3)cc2)c1)C(=O)C(F)(F)F. The molecule has 1 N–H and O–H groups in total. The molecule has 0 radical (unpaired) electrons. The molecule has 1 heterocycles. The number of amides is 2. The lowest BCUT2D eigenvalue weighted by atomic mass is 10.2. The molecular weight excluding hydrogens is 473 g/mol. The van der Waals surface area contributed by atoms with Gasteiger partial charge in [-0.05, 0) is 60.2 Å². The van der Waals surface area contributed by atoms with Crippen LogP contribution in [0.1, 0.15) is 29.1 Å². The molecule has 10 heteroatoms. The number of ether oxygens (including phenoxy) is 1. The largest absolute Gasteiger partial charge is 0.484 e.